The first kappa shape index (κ1) is 39.9. The maximum Gasteiger partial charge on any atom is 0.426 e. The Balaban J connectivity index is 2.42. The molecule has 0 heterocycles. The number of hydrogen-bond acceptors (Lipinski definition) is 10. The zero-order valence-electron chi connectivity index (χ0n) is 28.6. The molecule has 0 spiro atoms. The fourth-order valence-electron chi connectivity index (χ4n) is 4.97. The van der Waals surface area contributed by atoms with E-state index in [1.807, 2.05) is 39.8 Å². The number of nitrogens with two attached hydrogens (primary N) is 2. The normalized spacial score (nSPS) is 15.0. The third-order valence-electron chi connectivity index (χ3n) is 7.33. The van der Waals surface area contributed by atoms with Crippen LogP contribution in [0.2, 0.25) is 0 Å². The van der Waals surface area contributed by atoms with Crippen molar-refractivity contribution in [3.05, 3.63) is 71.8 Å². The first-order chi connectivity index (χ1) is 22.6. The molecule has 4 amide bonds. The summed E-state index contributed by atoms with van der Waals surface area (Å²) in [7, 11) is 0. The van der Waals surface area contributed by atoms with Crippen LogP contribution >= 0.6 is 0 Å². The topological polar surface area (TPSA) is 210 Å². The van der Waals surface area contributed by atoms with E-state index >= 15 is 0 Å². The molecule has 48 heavy (non-hydrogen) atoms. The molecule has 0 saturated carbocycles. The molecular weight excluding hydrogens is 620 g/mol. The van der Waals surface area contributed by atoms with Gasteiger partial charge >= 0.3 is 12.2 Å². The Morgan fingerprint density at radius 2 is 0.938 bits per heavy atom. The van der Waals surface area contributed by atoms with Gasteiger partial charge in [0.15, 0.2) is 0 Å². The molecule has 266 valence electrons. The van der Waals surface area contributed by atoms with Crippen molar-refractivity contribution >= 4 is 24.0 Å². The Morgan fingerprint density at radius 3 is 1.21 bits per heavy atom. The standard InChI is InChI=1S/C34H52N6O8/c1-21(2)17-27(39(31(43)23(5)35)37-33(45)47-19-25-13-9-7-10-14-25)29(41)30(42)28(18-22(3)4)40(32(44)24(6)36)38-34(46)48-20-26-15-11-8-12-16-26/h7-16,21-24,27-30,41-42H,17-20,35-36H2,1-6H3,(H,37,45)(H,38,46)/t23-,24-,27-,28-,29+,30+/m0/s1. The molecular formula is C34H52N6O8. The summed E-state index contributed by atoms with van der Waals surface area (Å²) in [6.45, 7) is 9.96. The minimum absolute atomic E-state index is 0.0935. The zero-order valence-corrected chi connectivity index (χ0v) is 28.6. The number of rotatable bonds is 15. The van der Waals surface area contributed by atoms with E-state index < -0.39 is 60.4 Å². The van der Waals surface area contributed by atoms with Crippen LogP contribution in [0.3, 0.4) is 0 Å². The van der Waals surface area contributed by atoms with Gasteiger partial charge in [-0.3, -0.25) is 9.59 Å². The summed E-state index contributed by atoms with van der Waals surface area (Å²) in [5.74, 6) is -1.82. The van der Waals surface area contributed by atoms with E-state index in [1.54, 1.807) is 48.5 Å². The van der Waals surface area contributed by atoms with Crippen LogP contribution < -0.4 is 22.3 Å². The van der Waals surface area contributed by atoms with Gasteiger partial charge in [0.25, 0.3) is 11.8 Å². The van der Waals surface area contributed by atoms with Gasteiger partial charge in [-0.1, -0.05) is 88.4 Å². The number of ether oxygens (including phenoxy) is 2. The molecule has 0 fully saturated rings. The van der Waals surface area contributed by atoms with Crippen molar-refractivity contribution in [2.24, 2.45) is 23.3 Å². The number of amides is 4. The number of carbonyl (C=O) groups is 4. The maximum atomic E-state index is 13.4. The van der Waals surface area contributed by atoms with E-state index in [0.29, 0.717) is 11.1 Å². The largest absolute Gasteiger partial charge is 0.443 e. The van der Waals surface area contributed by atoms with Gasteiger partial charge in [0.1, 0.15) is 25.4 Å². The summed E-state index contributed by atoms with van der Waals surface area (Å²) in [6.07, 6.45) is -5.31. The molecule has 14 nitrogen and oxygen atoms in total. The van der Waals surface area contributed by atoms with E-state index in [9.17, 15) is 29.4 Å². The Labute approximate surface area is 282 Å². The minimum Gasteiger partial charge on any atom is -0.443 e. The van der Waals surface area contributed by atoms with E-state index in [4.69, 9.17) is 20.9 Å². The predicted molar refractivity (Wildman–Crippen MR) is 179 cm³/mol. The Morgan fingerprint density at radius 1 is 0.625 bits per heavy atom. The molecule has 2 rings (SSSR count). The third kappa shape index (κ3) is 12.8. The molecule has 2 aromatic carbocycles. The summed E-state index contributed by atoms with van der Waals surface area (Å²) in [5, 5.41) is 25.3. The highest BCUT2D eigenvalue weighted by Gasteiger charge is 2.43. The Kier molecular flexibility index (Phi) is 16.3. The average molecular weight is 673 g/mol. The van der Waals surface area contributed by atoms with Crippen molar-refractivity contribution in [2.45, 2.75) is 104 Å². The van der Waals surface area contributed by atoms with E-state index in [-0.39, 0.29) is 37.9 Å². The van der Waals surface area contributed by atoms with Crippen LogP contribution in [0.5, 0.6) is 0 Å². The van der Waals surface area contributed by atoms with Gasteiger partial charge in [-0.2, -0.15) is 0 Å². The van der Waals surface area contributed by atoms with Crippen molar-refractivity contribution in [2.75, 3.05) is 0 Å². The van der Waals surface area contributed by atoms with Gasteiger partial charge in [0.05, 0.1) is 24.2 Å². The first-order valence-electron chi connectivity index (χ1n) is 16.1. The monoisotopic (exact) mass is 672 g/mol. The number of nitrogens with zero attached hydrogens (tertiary/aromatic N) is 2. The minimum atomic E-state index is -1.77. The number of hydrogen-bond donors (Lipinski definition) is 6. The van der Waals surface area contributed by atoms with Gasteiger partial charge in [-0.05, 0) is 49.7 Å². The number of carbonyl (C=O) groups excluding carboxylic acids is 4. The maximum absolute atomic E-state index is 13.4. The van der Waals surface area contributed by atoms with E-state index in [2.05, 4.69) is 10.9 Å². The molecule has 2 aromatic rings. The summed E-state index contributed by atoms with van der Waals surface area (Å²) in [4.78, 5) is 52.7. The molecule has 0 aliphatic rings. The van der Waals surface area contributed by atoms with Crippen molar-refractivity contribution in [3.63, 3.8) is 0 Å². The molecule has 0 aliphatic carbocycles. The molecule has 14 heteroatoms. The molecule has 0 saturated heterocycles. The first-order valence-corrected chi connectivity index (χ1v) is 16.1. The molecule has 6 atom stereocenters. The Bertz CT molecular complexity index is 1200. The molecule has 0 unspecified atom stereocenters. The van der Waals surface area contributed by atoms with Crippen LogP contribution in [0.4, 0.5) is 9.59 Å². The number of aliphatic hydroxyl groups excluding tert-OH is 2. The second-order valence-corrected chi connectivity index (χ2v) is 12.7. The zero-order chi connectivity index (χ0) is 36.0. The van der Waals surface area contributed by atoms with Crippen molar-refractivity contribution in [1.82, 2.24) is 20.9 Å². The SMILES string of the molecule is CC(C)C[C@@H]([C@@H](O)[C@H](O)[C@H](CC(C)C)N(NC(=O)OCc1ccccc1)C(=O)[C@H](C)N)N(NC(=O)OCc1ccccc1)C(=O)[C@H](C)N. The third-order valence-corrected chi connectivity index (χ3v) is 7.33. The number of nitrogens with one attached hydrogen (secondary N) is 2. The highest BCUT2D eigenvalue weighted by atomic mass is 16.6. The quantitative estimate of drug-likeness (QED) is 0.152. The van der Waals surface area contributed by atoms with Gasteiger partial charge < -0.3 is 31.2 Å². The van der Waals surface area contributed by atoms with Crippen LogP contribution in [-0.2, 0) is 32.3 Å². The highest BCUT2D eigenvalue weighted by Crippen LogP contribution is 2.24. The van der Waals surface area contributed by atoms with Crippen LogP contribution in [-0.4, -0.2) is 80.6 Å². The second kappa shape index (κ2) is 19.5. The number of aliphatic hydroxyl groups is 2. The van der Waals surface area contributed by atoms with Crippen LogP contribution in [0.25, 0.3) is 0 Å². The van der Waals surface area contributed by atoms with Gasteiger partial charge in [-0.15, -0.1) is 0 Å². The van der Waals surface area contributed by atoms with Crippen molar-refractivity contribution < 1.29 is 38.9 Å². The number of benzene rings is 2. The lowest BCUT2D eigenvalue weighted by Crippen LogP contribution is -2.66. The summed E-state index contributed by atoms with van der Waals surface area (Å²) < 4.78 is 10.6. The van der Waals surface area contributed by atoms with Gasteiger partial charge in [0.2, 0.25) is 0 Å². The number of hydrazine groups is 2. The smallest absolute Gasteiger partial charge is 0.426 e. The van der Waals surface area contributed by atoms with Gasteiger partial charge in [0, 0.05) is 0 Å². The lowest BCUT2D eigenvalue weighted by molar-refractivity contribution is -0.154. The predicted octanol–water partition coefficient (Wildman–Crippen LogP) is 2.57. The van der Waals surface area contributed by atoms with Crippen LogP contribution in [0.1, 0.15) is 65.5 Å². The van der Waals surface area contributed by atoms with E-state index in [0.717, 1.165) is 10.0 Å². The lowest BCUT2D eigenvalue weighted by Gasteiger charge is -2.42. The molecule has 8 N–H and O–H groups in total. The van der Waals surface area contributed by atoms with Crippen LogP contribution in [0, 0.1) is 11.8 Å². The van der Waals surface area contributed by atoms with E-state index in [1.165, 1.54) is 13.8 Å². The summed E-state index contributed by atoms with van der Waals surface area (Å²) in [5.41, 5.74) is 18.1. The molecule has 0 aliphatic heterocycles. The lowest BCUT2D eigenvalue weighted by atomic mass is 9.88. The van der Waals surface area contributed by atoms with Crippen LogP contribution in [0.15, 0.2) is 60.7 Å². The molecule has 0 bridgehead atoms. The summed E-state index contributed by atoms with van der Waals surface area (Å²) >= 11 is 0. The summed E-state index contributed by atoms with van der Waals surface area (Å²) in [6, 6.07) is 13.1. The highest BCUT2D eigenvalue weighted by molar-refractivity contribution is 5.84. The van der Waals surface area contributed by atoms with Crippen molar-refractivity contribution in [3.8, 4) is 0 Å². The van der Waals surface area contributed by atoms with Gasteiger partial charge in [-0.25, -0.2) is 30.5 Å². The fourth-order valence-corrected chi connectivity index (χ4v) is 4.97. The van der Waals surface area contributed by atoms with Crippen molar-refractivity contribution in [1.29, 1.82) is 0 Å². The molecule has 0 radical (unpaired) electrons. The Hall–Kier alpha value is -4.24. The molecule has 0 aromatic heterocycles. The average Bonchev–Trinajstić information content (AvgIpc) is 3.05. The second-order valence-electron chi connectivity index (χ2n) is 12.7. The fraction of sp³-hybridized carbons (Fsp3) is 0.529.